The minimum Gasteiger partial charge on any atom is -0.456 e. The van der Waals surface area contributed by atoms with Gasteiger partial charge < -0.3 is 9.64 Å². The van der Waals surface area contributed by atoms with E-state index in [1.165, 1.54) is 11.0 Å². The van der Waals surface area contributed by atoms with E-state index >= 15 is 0 Å². The van der Waals surface area contributed by atoms with Crippen molar-refractivity contribution in [2.24, 2.45) is 0 Å². The van der Waals surface area contributed by atoms with Gasteiger partial charge in [0.1, 0.15) is 6.61 Å². The van der Waals surface area contributed by atoms with Crippen molar-refractivity contribution in [1.82, 2.24) is 4.90 Å². The molecule has 1 aromatic carbocycles. The van der Waals surface area contributed by atoms with Crippen molar-refractivity contribution >= 4 is 17.6 Å². The van der Waals surface area contributed by atoms with Crippen molar-refractivity contribution in [3.05, 3.63) is 46.6 Å². The Balaban J connectivity index is 2.17. The fourth-order valence-electron chi connectivity index (χ4n) is 1.83. The molecule has 0 N–H and O–H groups in total. The Morgan fingerprint density at radius 3 is 2.68 bits per heavy atom. The maximum atomic E-state index is 12.6. The number of carbonyl (C=O) groups excluding carboxylic acids is 1. The molecule has 1 aliphatic rings. The zero-order valence-electron chi connectivity index (χ0n) is 9.98. The van der Waals surface area contributed by atoms with E-state index < -0.39 is 18.9 Å². The molecule has 0 atom stereocenters. The molecule has 0 aromatic heterocycles. The van der Waals surface area contributed by atoms with Gasteiger partial charge in [-0.15, -0.1) is 0 Å². The van der Waals surface area contributed by atoms with Crippen LogP contribution < -0.4 is 0 Å². The van der Waals surface area contributed by atoms with Gasteiger partial charge in [-0.1, -0.05) is 29.8 Å². The normalized spacial score (nSPS) is 14.5. The fraction of sp³-hybridized carbons (Fsp3) is 0.308. The summed E-state index contributed by atoms with van der Waals surface area (Å²) in [6.45, 7) is -0.226. The predicted octanol–water partition coefficient (Wildman–Crippen LogP) is 2.85. The summed E-state index contributed by atoms with van der Waals surface area (Å²) in [5.74, 6) is -0.506. The van der Waals surface area contributed by atoms with Gasteiger partial charge in [0.25, 0.3) is 6.43 Å². The number of cyclic esters (lactones) is 1. The average Bonchev–Trinajstić information content (AvgIpc) is 2.77. The maximum Gasteiger partial charge on any atom is 0.333 e. The molecule has 0 saturated carbocycles. The van der Waals surface area contributed by atoms with Crippen molar-refractivity contribution in [3.8, 4) is 0 Å². The van der Waals surface area contributed by atoms with Gasteiger partial charge in [-0.3, -0.25) is 0 Å². The molecule has 19 heavy (non-hydrogen) atoms. The number of hydrogen-bond donors (Lipinski definition) is 0. The van der Waals surface area contributed by atoms with Crippen LogP contribution in [0.1, 0.15) is 5.56 Å². The third-order valence-corrected chi connectivity index (χ3v) is 3.10. The minimum atomic E-state index is -2.50. The Bertz CT molecular complexity index is 505. The van der Waals surface area contributed by atoms with Gasteiger partial charge in [0.05, 0.1) is 12.2 Å². The van der Waals surface area contributed by atoms with Crippen molar-refractivity contribution in [1.29, 1.82) is 0 Å². The van der Waals surface area contributed by atoms with Crippen LogP contribution in [0.3, 0.4) is 0 Å². The highest BCUT2D eigenvalue weighted by molar-refractivity contribution is 6.31. The summed E-state index contributed by atoms with van der Waals surface area (Å²) in [7, 11) is 0. The molecule has 1 aliphatic heterocycles. The first-order valence-corrected chi connectivity index (χ1v) is 6.08. The van der Waals surface area contributed by atoms with Crippen LogP contribution in [-0.4, -0.2) is 30.4 Å². The standard InChI is InChI=1S/C13H12ClF2NO2/c14-11-4-2-1-3-9(11)6-17(7-12(15)16)10-5-13(18)19-8-10/h1-5,12H,6-8H2. The lowest BCUT2D eigenvalue weighted by Gasteiger charge is -2.25. The zero-order valence-corrected chi connectivity index (χ0v) is 10.7. The number of carbonyl (C=O) groups is 1. The van der Waals surface area contributed by atoms with E-state index in [1.54, 1.807) is 24.3 Å². The monoisotopic (exact) mass is 287 g/mol. The summed E-state index contributed by atoms with van der Waals surface area (Å²) < 4.78 is 30.0. The van der Waals surface area contributed by atoms with Crippen molar-refractivity contribution in [2.75, 3.05) is 13.2 Å². The van der Waals surface area contributed by atoms with Gasteiger partial charge in [-0.25, -0.2) is 13.6 Å². The van der Waals surface area contributed by atoms with Crippen LogP contribution in [0.2, 0.25) is 5.02 Å². The maximum absolute atomic E-state index is 12.6. The fourth-order valence-corrected chi connectivity index (χ4v) is 2.02. The molecule has 0 aliphatic carbocycles. The molecule has 3 nitrogen and oxygen atoms in total. The van der Waals surface area contributed by atoms with Crippen LogP contribution >= 0.6 is 11.6 Å². The second-order valence-corrected chi connectivity index (χ2v) is 4.51. The van der Waals surface area contributed by atoms with Crippen LogP contribution in [0, 0.1) is 0 Å². The van der Waals surface area contributed by atoms with Crippen LogP contribution in [0.5, 0.6) is 0 Å². The van der Waals surface area contributed by atoms with Crippen molar-refractivity contribution < 1.29 is 18.3 Å². The summed E-state index contributed by atoms with van der Waals surface area (Å²) in [6.07, 6.45) is -1.27. The summed E-state index contributed by atoms with van der Waals surface area (Å²) in [5.41, 5.74) is 1.18. The lowest BCUT2D eigenvalue weighted by molar-refractivity contribution is -0.135. The largest absolute Gasteiger partial charge is 0.456 e. The van der Waals surface area contributed by atoms with Gasteiger partial charge in [0, 0.05) is 17.6 Å². The Morgan fingerprint density at radius 1 is 1.37 bits per heavy atom. The average molecular weight is 288 g/mol. The summed E-state index contributed by atoms with van der Waals surface area (Å²) in [4.78, 5) is 12.4. The first-order chi connectivity index (χ1) is 9.06. The number of ether oxygens (including phenoxy) is 1. The second-order valence-electron chi connectivity index (χ2n) is 4.11. The number of hydrogen-bond acceptors (Lipinski definition) is 3. The molecule has 2 rings (SSSR count). The Labute approximate surface area is 114 Å². The van der Waals surface area contributed by atoms with Gasteiger partial charge in [0.2, 0.25) is 0 Å². The van der Waals surface area contributed by atoms with Gasteiger partial charge in [0.15, 0.2) is 0 Å². The smallest absolute Gasteiger partial charge is 0.333 e. The number of alkyl halides is 2. The highest BCUT2D eigenvalue weighted by Crippen LogP contribution is 2.21. The van der Waals surface area contributed by atoms with Crippen molar-refractivity contribution in [2.45, 2.75) is 13.0 Å². The Kier molecular flexibility index (Phi) is 4.37. The number of benzene rings is 1. The molecule has 0 saturated heterocycles. The van der Waals surface area contributed by atoms with Crippen LogP contribution in [0.15, 0.2) is 36.0 Å². The molecular formula is C13H12ClF2NO2. The molecule has 1 aromatic rings. The summed E-state index contributed by atoms with van der Waals surface area (Å²) in [5, 5.41) is 0.507. The summed E-state index contributed by atoms with van der Waals surface area (Å²) in [6, 6.07) is 7.01. The molecule has 1 heterocycles. The lowest BCUT2D eigenvalue weighted by Crippen LogP contribution is -2.28. The first-order valence-electron chi connectivity index (χ1n) is 5.70. The third kappa shape index (κ3) is 3.67. The molecule has 0 spiro atoms. The van der Waals surface area contributed by atoms with E-state index in [1.807, 2.05) is 0 Å². The molecule has 0 fully saturated rings. The predicted molar refractivity (Wildman–Crippen MR) is 66.9 cm³/mol. The van der Waals surface area contributed by atoms with E-state index in [0.717, 1.165) is 5.56 Å². The minimum absolute atomic E-state index is 0.0238. The zero-order chi connectivity index (χ0) is 13.8. The molecule has 0 radical (unpaired) electrons. The molecule has 102 valence electrons. The Morgan fingerprint density at radius 2 is 2.11 bits per heavy atom. The van der Waals surface area contributed by atoms with E-state index in [9.17, 15) is 13.6 Å². The highest BCUT2D eigenvalue weighted by Gasteiger charge is 2.22. The quantitative estimate of drug-likeness (QED) is 0.780. The van der Waals surface area contributed by atoms with Gasteiger partial charge >= 0.3 is 5.97 Å². The number of nitrogens with zero attached hydrogens (tertiary/aromatic N) is 1. The van der Waals surface area contributed by atoms with Crippen LogP contribution in [0.25, 0.3) is 0 Å². The Hall–Kier alpha value is -1.62. The highest BCUT2D eigenvalue weighted by atomic mass is 35.5. The van der Waals surface area contributed by atoms with E-state index in [2.05, 4.69) is 0 Å². The first kappa shape index (κ1) is 13.8. The van der Waals surface area contributed by atoms with Crippen LogP contribution in [0.4, 0.5) is 8.78 Å². The van der Waals surface area contributed by atoms with E-state index in [4.69, 9.17) is 16.3 Å². The molecule has 0 amide bonds. The molecule has 0 bridgehead atoms. The second kappa shape index (κ2) is 6.02. The number of rotatable bonds is 5. The SMILES string of the molecule is O=C1C=C(N(Cc2ccccc2Cl)CC(F)F)CO1. The lowest BCUT2D eigenvalue weighted by atomic mass is 10.2. The van der Waals surface area contributed by atoms with E-state index in [-0.39, 0.29) is 13.2 Å². The van der Waals surface area contributed by atoms with Gasteiger partial charge in [-0.2, -0.15) is 0 Å². The number of esters is 1. The summed E-state index contributed by atoms with van der Waals surface area (Å²) >= 11 is 6.01. The molecular weight excluding hydrogens is 276 g/mol. The third-order valence-electron chi connectivity index (χ3n) is 2.73. The molecule has 0 unspecified atom stereocenters. The molecule has 6 heteroatoms. The van der Waals surface area contributed by atoms with E-state index in [0.29, 0.717) is 10.7 Å². The van der Waals surface area contributed by atoms with Crippen molar-refractivity contribution in [3.63, 3.8) is 0 Å². The number of halogens is 3. The van der Waals surface area contributed by atoms with Crippen LogP contribution in [-0.2, 0) is 16.1 Å². The topological polar surface area (TPSA) is 29.5 Å². The van der Waals surface area contributed by atoms with Gasteiger partial charge in [-0.05, 0) is 11.6 Å².